The van der Waals surface area contributed by atoms with Crippen LogP contribution in [0.4, 0.5) is 5.69 Å². The van der Waals surface area contributed by atoms with Crippen molar-refractivity contribution in [2.75, 3.05) is 23.4 Å². The van der Waals surface area contributed by atoms with Crippen LogP contribution >= 0.6 is 12.2 Å². The number of carbonyl (C=O) groups is 1. The molecule has 1 aliphatic rings. The fourth-order valence-corrected chi connectivity index (χ4v) is 4.80. The summed E-state index contributed by atoms with van der Waals surface area (Å²) in [5.74, 6) is 1.45. The third-order valence-corrected chi connectivity index (χ3v) is 6.34. The summed E-state index contributed by atoms with van der Waals surface area (Å²) < 4.78 is 28.6. The van der Waals surface area contributed by atoms with Gasteiger partial charge >= 0.3 is 0 Å². The molecule has 7 nitrogen and oxygen atoms in total. The first kappa shape index (κ1) is 21.1. The van der Waals surface area contributed by atoms with Crippen LogP contribution in [0.5, 0.6) is 11.5 Å². The second-order valence-corrected chi connectivity index (χ2v) is 9.37. The van der Waals surface area contributed by atoms with E-state index < -0.39 is 9.84 Å². The minimum Gasteiger partial charge on any atom is -0.457 e. The standard InChI is InChI=1S/C20H23N3O4S2/c24-19(22-16-11-13-29(25,26)14-16)10-12-21-20(28)23-15-6-8-18(9-7-15)27-17-4-2-1-3-5-17/h1-9,16H,10-14H2,(H,22,24)(H2,21,23,28). The number of anilines is 1. The molecule has 29 heavy (non-hydrogen) atoms. The molecule has 3 N–H and O–H groups in total. The van der Waals surface area contributed by atoms with Crippen LogP contribution in [0.3, 0.4) is 0 Å². The number of carbonyl (C=O) groups excluding carboxylic acids is 1. The second kappa shape index (κ2) is 9.71. The van der Waals surface area contributed by atoms with E-state index in [9.17, 15) is 13.2 Å². The zero-order chi connectivity index (χ0) is 20.7. The van der Waals surface area contributed by atoms with Gasteiger partial charge in [-0.25, -0.2) is 8.42 Å². The van der Waals surface area contributed by atoms with Crippen LogP contribution in [-0.4, -0.2) is 43.5 Å². The van der Waals surface area contributed by atoms with E-state index in [4.69, 9.17) is 17.0 Å². The van der Waals surface area contributed by atoms with E-state index in [1.165, 1.54) is 0 Å². The molecule has 1 aliphatic heterocycles. The van der Waals surface area contributed by atoms with E-state index in [2.05, 4.69) is 16.0 Å². The van der Waals surface area contributed by atoms with Crippen LogP contribution in [0.25, 0.3) is 0 Å². The molecule has 1 amide bonds. The van der Waals surface area contributed by atoms with Crippen LogP contribution in [0.2, 0.25) is 0 Å². The van der Waals surface area contributed by atoms with Crippen molar-refractivity contribution in [1.29, 1.82) is 0 Å². The highest BCUT2D eigenvalue weighted by atomic mass is 32.2. The van der Waals surface area contributed by atoms with E-state index in [0.717, 1.165) is 11.4 Å². The normalized spacial score (nSPS) is 17.3. The van der Waals surface area contributed by atoms with Gasteiger partial charge in [0.25, 0.3) is 0 Å². The van der Waals surface area contributed by atoms with Crippen molar-refractivity contribution >= 4 is 38.8 Å². The second-order valence-electron chi connectivity index (χ2n) is 6.74. The molecule has 1 heterocycles. The Morgan fingerprint density at radius 3 is 2.41 bits per heavy atom. The van der Waals surface area contributed by atoms with E-state index in [1.54, 1.807) is 0 Å². The molecular formula is C20H23N3O4S2. The molecule has 1 atom stereocenters. The summed E-state index contributed by atoms with van der Waals surface area (Å²) in [6, 6.07) is 16.6. The first-order valence-corrected chi connectivity index (χ1v) is 11.5. The summed E-state index contributed by atoms with van der Waals surface area (Å²) in [6.07, 6.45) is 0.688. The van der Waals surface area contributed by atoms with Crippen LogP contribution in [0.15, 0.2) is 54.6 Å². The van der Waals surface area contributed by atoms with Crippen molar-refractivity contribution in [3.05, 3.63) is 54.6 Å². The van der Waals surface area contributed by atoms with Crippen molar-refractivity contribution in [1.82, 2.24) is 10.6 Å². The van der Waals surface area contributed by atoms with Gasteiger partial charge in [0, 0.05) is 24.7 Å². The molecule has 0 bridgehead atoms. The fraction of sp³-hybridized carbons (Fsp3) is 0.300. The number of nitrogens with one attached hydrogen (secondary N) is 3. The predicted octanol–water partition coefficient (Wildman–Crippen LogP) is 2.46. The van der Waals surface area contributed by atoms with Gasteiger partial charge < -0.3 is 20.7 Å². The Labute approximate surface area is 175 Å². The minimum absolute atomic E-state index is 0.0239. The molecule has 1 fully saturated rings. The molecule has 0 radical (unpaired) electrons. The number of hydrogen-bond donors (Lipinski definition) is 3. The summed E-state index contributed by atoms with van der Waals surface area (Å²) in [5.41, 5.74) is 0.795. The summed E-state index contributed by atoms with van der Waals surface area (Å²) in [7, 11) is -3.00. The molecule has 1 saturated heterocycles. The lowest BCUT2D eigenvalue weighted by Gasteiger charge is -2.13. The quantitative estimate of drug-likeness (QED) is 0.577. The summed E-state index contributed by atoms with van der Waals surface area (Å²) in [4.78, 5) is 11.9. The van der Waals surface area contributed by atoms with Crippen molar-refractivity contribution in [2.24, 2.45) is 0 Å². The van der Waals surface area contributed by atoms with Crippen LogP contribution in [0, 0.1) is 0 Å². The number of amides is 1. The Kier molecular flexibility index (Phi) is 7.05. The van der Waals surface area contributed by atoms with Crippen molar-refractivity contribution in [3.63, 3.8) is 0 Å². The molecule has 2 aromatic rings. The average Bonchev–Trinajstić information content (AvgIpc) is 3.02. The third-order valence-electron chi connectivity index (χ3n) is 4.33. The minimum atomic E-state index is -3.00. The first-order valence-electron chi connectivity index (χ1n) is 9.27. The largest absolute Gasteiger partial charge is 0.457 e. The van der Waals surface area contributed by atoms with Crippen LogP contribution in [0.1, 0.15) is 12.8 Å². The summed E-state index contributed by atoms with van der Waals surface area (Å²) >= 11 is 5.23. The SMILES string of the molecule is O=C(CCNC(=S)Nc1ccc(Oc2ccccc2)cc1)NC1CCS(=O)(=O)C1. The molecule has 0 saturated carbocycles. The number of rotatable bonds is 7. The highest BCUT2D eigenvalue weighted by Crippen LogP contribution is 2.22. The Hall–Kier alpha value is -2.65. The molecule has 1 unspecified atom stereocenters. The first-order chi connectivity index (χ1) is 13.9. The zero-order valence-corrected chi connectivity index (χ0v) is 17.4. The lowest BCUT2D eigenvalue weighted by molar-refractivity contribution is -0.121. The summed E-state index contributed by atoms with van der Waals surface area (Å²) in [6.45, 7) is 0.354. The van der Waals surface area contributed by atoms with Gasteiger partial charge in [0.2, 0.25) is 5.91 Å². The van der Waals surface area contributed by atoms with Crippen LogP contribution < -0.4 is 20.7 Å². The van der Waals surface area contributed by atoms with E-state index in [1.807, 2.05) is 54.6 Å². The summed E-state index contributed by atoms with van der Waals surface area (Å²) in [5, 5.41) is 9.16. The van der Waals surface area contributed by atoms with Crippen LogP contribution in [-0.2, 0) is 14.6 Å². The van der Waals surface area contributed by atoms with Gasteiger partial charge in [0.15, 0.2) is 14.9 Å². The molecule has 0 aromatic heterocycles. The molecule has 3 rings (SSSR count). The number of para-hydroxylation sites is 1. The van der Waals surface area contributed by atoms with Gasteiger partial charge in [0.05, 0.1) is 11.5 Å². The molecule has 154 valence electrons. The van der Waals surface area contributed by atoms with E-state index in [0.29, 0.717) is 23.8 Å². The maximum absolute atomic E-state index is 11.9. The number of hydrogen-bond acceptors (Lipinski definition) is 5. The maximum Gasteiger partial charge on any atom is 0.222 e. The number of benzene rings is 2. The third kappa shape index (κ3) is 7.03. The van der Waals surface area contributed by atoms with Crippen molar-refractivity contribution < 1.29 is 17.9 Å². The zero-order valence-electron chi connectivity index (χ0n) is 15.8. The monoisotopic (exact) mass is 433 g/mol. The Morgan fingerprint density at radius 2 is 1.76 bits per heavy atom. The smallest absolute Gasteiger partial charge is 0.222 e. The van der Waals surface area contributed by atoms with E-state index in [-0.39, 0.29) is 29.9 Å². The van der Waals surface area contributed by atoms with Gasteiger partial charge in [-0.2, -0.15) is 0 Å². The topological polar surface area (TPSA) is 96.5 Å². The molecule has 9 heteroatoms. The maximum atomic E-state index is 11.9. The lowest BCUT2D eigenvalue weighted by atomic mass is 10.2. The van der Waals surface area contributed by atoms with Crippen molar-refractivity contribution in [3.8, 4) is 11.5 Å². The Morgan fingerprint density at radius 1 is 1.07 bits per heavy atom. The predicted molar refractivity (Wildman–Crippen MR) is 117 cm³/mol. The average molecular weight is 434 g/mol. The van der Waals surface area contributed by atoms with Gasteiger partial charge in [-0.1, -0.05) is 18.2 Å². The number of thiocarbonyl (C=S) groups is 1. The van der Waals surface area contributed by atoms with Gasteiger partial charge in [0.1, 0.15) is 11.5 Å². The highest BCUT2D eigenvalue weighted by molar-refractivity contribution is 7.91. The van der Waals surface area contributed by atoms with Gasteiger partial charge in [-0.05, 0) is 55.0 Å². The molecule has 0 spiro atoms. The van der Waals surface area contributed by atoms with Gasteiger partial charge in [-0.3, -0.25) is 4.79 Å². The number of ether oxygens (including phenoxy) is 1. The Bertz CT molecular complexity index is 947. The van der Waals surface area contributed by atoms with Crippen molar-refractivity contribution in [2.45, 2.75) is 18.9 Å². The van der Waals surface area contributed by atoms with E-state index >= 15 is 0 Å². The Balaban J connectivity index is 1.36. The number of sulfone groups is 1. The highest BCUT2D eigenvalue weighted by Gasteiger charge is 2.28. The molecular weight excluding hydrogens is 410 g/mol. The van der Waals surface area contributed by atoms with Gasteiger partial charge in [-0.15, -0.1) is 0 Å². The fourth-order valence-electron chi connectivity index (χ4n) is 2.90. The molecule has 2 aromatic carbocycles. The lowest BCUT2D eigenvalue weighted by Crippen LogP contribution is -2.38. The molecule has 0 aliphatic carbocycles.